The van der Waals surface area contributed by atoms with Gasteiger partial charge in [-0.15, -0.1) is 0 Å². The van der Waals surface area contributed by atoms with Crippen molar-refractivity contribution in [2.24, 2.45) is 5.10 Å². The number of nitrogens with zero attached hydrogens (tertiary/aromatic N) is 2. The van der Waals surface area contributed by atoms with Gasteiger partial charge in [-0.05, 0) is 37.1 Å². The number of alkyl halides is 2. The van der Waals surface area contributed by atoms with Gasteiger partial charge in [0.2, 0.25) is 10.0 Å². The zero-order valence-corrected chi connectivity index (χ0v) is 21.0. The molecule has 1 N–H and O–H groups in total. The molecule has 2 aromatic rings. The molecule has 4 rings (SSSR count). The van der Waals surface area contributed by atoms with E-state index in [-0.39, 0.29) is 43.9 Å². The first-order chi connectivity index (χ1) is 17.0. The van der Waals surface area contributed by atoms with Gasteiger partial charge in [-0.2, -0.15) is 10.1 Å². The van der Waals surface area contributed by atoms with Crippen LogP contribution in [0.25, 0.3) is 0 Å². The van der Waals surface area contributed by atoms with E-state index < -0.39 is 40.3 Å². The molecule has 0 bridgehead atoms. The molecule has 1 heterocycles. The topological polar surface area (TPSA) is 114 Å². The van der Waals surface area contributed by atoms with Gasteiger partial charge in [0.1, 0.15) is 16.4 Å². The number of Topliss-reactive ketones (excluding diaryl/α,β-unsaturated/α-hetero) is 1. The second-order valence-corrected chi connectivity index (χ2v) is 10.5. The lowest BCUT2D eigenvalue weighted by Crippen LogP contribution is -2.39. The number of hydrogen-bond acceptors (Lipinski definition) is 7. The van der Waals surface area contributed by atoms with Crippen molar-refractivity contribution in [2.45, 2.75) is 43.0 Å². The first-order valence-electron chi connectivity index (χ1n) is 10.6. The van der Waals surface area contributed by atoms with E-state index >= 15 is 0 Å². The van der Waals surface area contributed by atoms with Crippen molar-refractivity contribution in [3.8, 4) is 17.2 Å². The van der Waals surface area contributed by atoms with Gasteiger partial charge in [0.05, 0.1) is 29.3 Å². The van der Waals surface area contributed by atoms with Gasteiger partial charge in [-0.1, -0.05) is 29.6 Å². The number of methoxy groups -OCH3 is 1. The normalized spacial score (nSPS) is 16.7. The minimum Gasteiger partial charge on any atom is -0.495 e. The monoisotopic (exact) mass is 561 g/mol. The summed E-state index contributed by atoms with van der Waals surface area (Å²) >= 11 is 12.6. The largest absolute Gasteiger partial charge is 0.495 e. The van der Waals surface area contributed by atoms with Gasteiger partial charge in [0.15, 0.2) is 17.2 Å². The summed E-state index contributed by atoms with van der Waals surface area (Å²) < 4.78 is 65.5. The molecule has 0 unspecified atom stereocenters. The summed E-state index contributed by atoms with van der Waals surface area (Å²) in [5.41, 5.74) is -1.11. The second-order valence-electron chi connectivity index (χ2n) is 7.99. The molecule has 9 nitrogen and oxygen atoms in total. The molecule has 0 atom stereocenters. The molecular weight excluding hydrogens is 543 g/mol. The quantitative estimate of drug-likeness (QED) is 0.473. The zero-order valence-electron chi connectivity index (χ0n) is 18.6. The predicted octanol–water partition coefficient (Wildman–Crippen LogP) is 4.55. The molecule has 36 heavy (non-hydrogen) atoms. The predicted molar refractivity (Wildman–Crippen MR) is 128 cm³/mol. The van der Waals surface area contributed by atoms with Crippen LogP contribution < -0.4 is 19.2 Å². The number of hydrazone groups is 1. The van der Waals surface area contributed by atoms with Gasteiger partial charge in [-0.25, -0.2) is 21.9 Å². The number of rotatable bonds is 8. The van der Waals surface area contributed by atoms with Crippen LogP contribution in [0.3, 0.4) is 0 Å². The molecule has 0 radical (unpaired) electrons. The Morgan fingerprint density at radius 1 is 1.14 bits per heavy atom. The van der Waals surface area contributed by atoms with Crippen molar-refractivity contribution >= 4 is 56.3 Å². The van der Waals surface area contributed by atoms with Gasteiger partial charge < -0.3 is 9.47 Å². The lowest BCUT2D eigenvalue weighted by Gasteiger charge is -2.26. The summed E-state index contributed by atoms with van der Waals surface area (Å²) in [4.78, 5) is 23.7. The molecule has 1 aliphatic carbocycles. The first kappa shape index (κ1) is 26.3. The van der Waals surface area contributed by atoms with E-state index in [9.17, 15) is 26.8 Å². The maximum Gasteiger partial charge on any atom is 0.285 e. The van der Waals surface area contributed by atoms with E-state index in [1.165, 1.54) is 37.4 Å². The summed E-state index contributed by atoms with van der Waals surface area (Å²) in [5, 5.41) is 3.83. The molecule has 2 aliphatic rings. The fraction of sp³-hybridized carbons (Fsp3) is 0.318. The van der Waals surface area contributed by atoms with Crippen LogP contribution in [0.15, 0.2) is 40.3 Å². The minimum absolute atomic E-state index is 0.0595. The molecule has 0 aromatic heterocycles. The Kier molecular flexibility index (Phi) is 7.51. The molecule has 0 spiro atoms. The number of ether oxygens (including phenoxy) is 2. The van der Waals surface area contributed by atoms with Crippen LogP contribution in [0.2, 0.25) is 10.0 Å². The molecular formula is C22H19Cl2F2N3O6S. The number of carbonyl (C=O) groups excluding carboxylic acids is 2. The number of carbonyl (C=O) groups is 2. The van der Waals surface area contributed by atoms with Crippen LogP contribution in [-0.2, 0) is 19.6 Å². The Labute approximate surface area is 215 Å². The van der Waals surface area contributed by atoms with Crippen LogP contribution in [-0.4, -0.2) is 45.4 Å². The number of nitrogens with one attached hydrogen (secondary N) is 1. The number of hydrogen-bond donors (Lipinski definition) is 1. The highest BCUT2D eigenvalue weighted by Crippen LogP contribution is 2.41. The lowest BCUT2D eigenvalue weighted by atomic mass is 9.94. The number of halogens is 4. The van der Waals surface area contributed by atoms with Gasteiger partial charge in [0, 0.05) is 12.1 Å². The van der Waals surface area contributed by atoms with Crippen LogP contribution in [0, 0.1) is 0 Å². The highest BCUT2D eigenvalue weighted by molar-refractivity contribution is 7.89. The number of amides is 1. The number of ketones is 1. The van der Waals surface area contributed by atoms with Crippen molar-refractivity contribution in [1.82, 2.24) is 4.72 Å². The molecule has 14 heteroatoms. The van der Waals surface area contributed by atoms with E-state index in [4.69, 9.17) is 32.7 Å². The molecule has 1 amide bonds. The van der Waals surface area contributed by atoms with Gasteiger partial charge >= 0.3 is 0 Å². The SMILES string of the molecule is COc1ccc(Oc2c(Cl)cc(N3N=C(C(F)F)C(=O)CC3=O)cc2Cl)cc1S(=O)(=O)NC1CCC1. The van der Waals surface area contributed by atoms with Crippen LogP contribution in [0.1, 0.15) is 25.7 Å². The lowest BCUT2D eigenvalue weighted by molar-refractivity contribution is -0.124. The molecule has 1 aliphatic heterocycles. The molecule has 2 aromatic carbocycles. The van der Waals surface area contributed by atoms with E-state index in [1.807, 2.05) is 0 Å². The highest BCUT2D eigenvalue weighted by Gasteiger charge is 2.34. The highest BCUT2D eigenvalue weighted by atomic mass is 35.5. The smallest absolute Gasteiger partial charge is 0.285 e. The van der Waals surface area contributed by atoms with Crippen molar-refractivity contribution in [2.75, 3.05) is 12.1 Å². The Bertz CT molecular complexity index is 1340. The standard InChI is InChI=1S/C22H19Cl2F2N3O6S/c1-34-17-6-5-13(9-18(17)36(32,33)28-11-3-2-4-11)35-21-14(23)7-12(8-15(21)24)29-19(31)10-16(30)20(27-29)22(25)26/h5-9,11,22,28H,2-4,10H2,1H3. The Morgan fingerprint density at radius 2 is 1.81 bits per heavy atom. The third-order valence-electron chi connectivity index (χ3n) is 5.55. The fourth-order valence-corrected chi connectivity index (χ4v) is 5.55. The van der Waals surface area contributed by atoms with E-state index in [1.54, 1.807) is 0 Å². The second kappa shape index (κ2) is 10.3. The average molecular weight is 562 g/mol. The summed E-state index contributed by atoms with van der Waals surface area (Å²) in [6, 6.07) is 6.34. The van der Waals surface area contributed by atoms with E-state index in [0.717, 1.165) is 19.3 Å². The fourth-order valence-electron chi connectivity index (χ4n) is 3.51. The van der Waals surface area contributed by atoms with Crippen LogP contribution in [0.5, 0.6) is 17.2 Å². The number of anilines is 1. The van der Waals surface area contributed by atoms with Crippen molar-refractivity contribution in [3.63, 3.8) is 0 Å². The number of benzene rings is 2. The van der Waals surface area contributed by atoms with Gasteiger partial charge in [0.25, 0.3) is 12.3 Å². The first-order valence-corrected chi connectivity index (χ1v) is 12.8. The van der Waals surface area contributed by atoms with Crippen LogP contribution >= 0.6 is 23.2 Å². The van der Waals surface area contributed by atoms with E-state index in [2.05, 4.69) is 9.82 Å². The summed E-state index contributed by atoms with van der Waals surface area (Å²) in [7, 11) is -2.58. The summed E-state index contributed by atoms with van der Waals surface area (Å²) in [5.74, 6) is -1.82. The maximum absolute atomic E-state index is 13.1. The number of sulfonamides is 1. The summed E-state index contributed by atoms with van der Waals surface area (Å²) in [6.45, 7) is 0. The Balaban J connectivity index is 1.65. The Morgan fingerprint density at radius 3 is 2.36 bits per heavy atom. The van der Waals surface area contributed by atoms with Crippen molar-refractivity contribution in [1.29, 1.82) is 0 Å². The molecule has 1 saturated carbocycles. The third-order valence-corrected chi connectivity index (χ3v) is 7.65. The summed E-state index contributed by atoms with van der Waals surface area (Å²) in [6.07, 6.45) is -1.53. The minimum atomic E-state index is -3.91. The van der Waals surface area contributed by atoms with Crippen LogP contribution in [0.4, 0.5) is 14.5 Å². The van der Waals surface area contributed by atoms with Gasteiger partial charge in [-0.3, -0.25) is 9.59 Å². The average Bonchev–Trinajstić information content (AvgIpc) is 2.78. The molecule has 1 fully saturated rings. The van der Waals surface area contributed by atoms with E-state index in [0.29, 0.717) is 5.01 Å². The molecule has 0 saturated heterocycles. The molecule has 192 valence electrons. The third kappa shape index (κ3) is 5.31. The Hall–Kier alpha value is -2.80. The zero-order chi connectivity index (χ0) is 26.2. The van der Waals surface area contributed by atoms with Crippen molar-refractivity contribution < 1.29 is 36.3 Å². The maximum atomic E-state index is 13.1. The van der Waals surface area contributed by atoms with Crippen molar-refractivity contribution in [3.05, 3.63) is 40.4 Å².